The van der Waals surface area contributed by atoms with Crippen LogP contribution in [0.2, 0.25) is 0 Å². The molecule has 2 aromatic rings. The highest BCUT2D eigenvalue weighted by Gasteiger charge is 2.03. The third-order valence-corrected chi connectivity index (χ3v) is 3.44. The molecular formula is C12H13FN2S. The molecule has 1 heterocycles. The van der Waals surface area contributed by atoms with Crippen molar-refractivity contribution in [3.05, 3.63) is 46.7 Å². The summed E-state index contributed by atoms with van der Waals surface area (Å²) in [5.41, 5.74) is 0.766. The van der Waals surface area contributed by atoms with Crippen molar-refractivity contribution in [1.29, 1.82) is 0 Å². The molecule has 84 valence electrons. The number of hydrogen-bond donors (Lipinski definition) is 1. The SMILES string of the molecule is CNc1ncc(CCc2ccccc2F)s1. The molecule has 2 nitrogen and oxygen atoms in total. The zero-order chi connectivity index (χ0) is 11.4. The zero-order valence-electron chi connectivity index (χ0n) is 9.03. The molecule has 0 amide bonds. The zero-order valence-corrected chi connectivity index (χ0v) is 9.85. The maximum Gasteiger partial charge on any atom is 0.182 e. The lowest BCUT2D eigenvalue weighted by Gasteiger charge is -2.00. The van der Waals surface area contributed by atoms with Crippen LogP contribution in [-0.4, -0.2) is 12.0 Å². The van der Waals surface area contributed by atoms with E-state index in [1.54, 1.807) is 17.4 Å². The predicted molar refractivity (Wildman–Crippen MR) is 65.5 cm³/mol. The number of nitrogens with one attached hydrogen (secondary N) is 1. The van der Waals surface area contributed by atoms with Gasteiger partial charge in [-0.2, -0.15) is 0 Å². The highest BCUT2D eigenvalue weighted by Crippen LogP contribution is 2.19. The predicted octanol–water partition coefficient (Wildman–Crippen LogP) is 3.11. The number of hydrogen-bond acceptors (Lipinski definition) is 3. The minimum atomic E-state index is -0.124. The molecule has 0 atom stereocenters. The maximum absolute atomic E-state index is 13.3. The Morgan fingerprint density at radius 3 is 2.81 bits per heavy atom. The van der Waals surface area contributed by atoms with Gasteiger partial charge >= 0.3 is 0 Å². The smallest absolute Gasteiger partial charge is 0.182 e. The van der Waals surface area contributed by atoms with Gasteiger partial charge in [-0.05, 0) is 24.5 Å². The molecule has 0 fully saturated rings. The number of thiazole rings is 1. The van der Waals surface area contributed by atoms with Crippen molar-refractivity contribution in [2.24, 2.45) is 0 Å². The molecule has 1 N–H and O–H groups in total. The Kier molecular flexibility index (Phi) is 3.51. The van der Waals surface area contributed by atoms with E-state index in [0.717, 1.165) is 23.5 Å². The van der Waals surface area contributed by atoms with Crippen molar-refractivity contribution in [2.75, 3.05) is 12.4 Å². The van der Waals surface area contributed by atoms with E-state index in [2.05, 4.69) is 10.3 Å². The molecule has 0 unspecified atom stereocenters. The fraction of sp³-hybridized carbons (Fsp3) is 0.250. The molecule has 2 rings (SSSR count). The van der Waals surface area contributed by atoms with E-state index in [0.29, 0.717) is 0 Å². The van der Waals surface area contributed by atoms with E-state index in [-0.39, 0.29) is 5.82 Å². The molecule has 0 spiro atoms. The van der Waals surface area contributed by atoms with Crippen LogP contribution < -0.4 is 5.32 Å². The van der Waals surface area contributed by atoms with Crippen LogP contribution in [0.3, 0.4) is 0 Å². The first-order valence-corrected chi connectivity index (χ1v) is 5.97. The third kappa shape index (κ3) is 2.58. The molecule has 1 aromatic carbocycles. The molecule has 0 aliphatic heterocycles. The molecule has 0 aliphatic carbocycles. The quantitative estimate of drug-likeness (QED) is 0.882. The molecule has 0 bridgehead atoms. The van der Waals surface area contributed by atoms with Crippen molar-refractivity contribution < 1.29 is 4.39 Å². The average molecular weight is 236 g/mol. The van der Waals surface area contributed by atoms with Crippen LogP contribution in [0.4, 0.5) is 9.52 Å². The van der Waals surface area contributed by atoms with E-state index in [4.69, 9.17) is 0 Å². The van der Waals surface area contributed by atoms with Crippen LogP contribution in [0.5, 0.6) is 0 Å². The number of aryl methyl sites for hydroxylation is 2. The summed E-state index contributed by atoms with van der Waals surface area (Å²) in [6, 6.07) is 6.91. The summed E-state index contributed by atoms with van der Waals surface area (Å²) in [4.78, 5) is 5.36. The molecule has 16 heavy (non-hydrogen) atoms. The normalized spacial score (nSPS) is 10.4. The second-order valence-corrected chi connectivity index (χ2v) is 4.59. The van der Waals surface area contributed by atoms with E-state index in [1.165, 1.54) is 10.9 Å². The number of halogens is 1. The van der Waals surface area contributed by atoms with Crippen molar-refractivity contribution in [3.8, 4) is 0 Å². The molecule has 1 aromatic heterocycles. The molecule has 0 saturated heterocycles. The van der Waals surface area contributed by atoms with Gasteiger partial charge in [0.25, 0.3) is 0 Å². The van der Waals surface area contributed by atoms with E-state index < -0.39 is 0 Å². The molecule has 0 radical (unpaired) electrons. The van der Waals surface area contributed by atoms with Crippen molar-refractivity contribution in [3.63, 3.8) is 0 Å². The molecule has 0 aliphatic rings. The first kappa shape index (κ1) is 11.1. The number of anilines is 1. The van der Waals surface area contributed by atoms with Crippen LogP contribution in [0.15, 0.2) is 30.5 Å². The maximum atomic E-state index is 13.3. The monoisotopic (exact) mass is 236 g/mol. The standard InChI is InChI=1S/C12H13FN2S/c1-14-12-15-8-10(16-12)7-6-9-4-2-3-5-11(9)13/h2-5,8H,6-7H2,1H3,(H,14,15). The first-order valence-electron chi connectivity index (χ1n) is 5.15. The van der Waals surface area contributed by atoms with Gasteiger partial charge in [0.05, 0.1) is 0 Å². The fourth-order valence-electron chi connectivity index (χ4n) is 1.50. The average Bonchev–Trinajstić information content (AvgIpc) is 2.76. The van der Waals surface area contributed by atoms with Gasteiger partial charge in [-0.25, -0.2) is 9.37 Å². The summed E-state index contributed by atoms with van der Waals surface area (Å²) in [6.07, 6.45) is 3.40. The van der Waals surface area contributed by atoms with Gasteiger partial charge in [-0.1, -0.05) is 18.2 Å². The molecule has 0 saturated carbocycles. The van der Waals surface area contributed by atoms with Gasteiger partial charge in [0, 0.05) is 18.1 Å². The van der Waals surface area contributed by atoms with Gasteiger partial charge < -0.3 is 5.32 Å². The van der Waals surface area contributed by atoms with Crippen molar-refractivity contribution in [1.82, 2.24) is 4.98 Å². The Morgan fingerprint density at radius 1 is 1.31 bits per heavy atom. The Balaban J connectivity index is 1.99. The minimum Gasteiger partial charge on any atom is -0.365 e. The number of aromatic nitrogens is 1. The topological polar surface area (TPSA) is 24.9 Å². The van der Waals surface area contributed by atoms with Crippen LogP contribution >= 0.6 is 11.3 Å². The lowest BCUT2D eigenvalue weighted by molar-refractivity contribution is 0.609. The van der Waals surface area contributed by atoms with E-state index in [1.807, 2.05) is 25.4 Å². The lowest BCUT2D eigenvalue weighted by Crippen LogP contribution is -1.92. The Hall–Kier alpha value is -1.42. The summed E-state index contributed by atoms with van der Waals surface area (Å²) in [5.74, 6) is -0.124. The first-order chi connectivity index (χ1) is 7.79. The molecular weight excluding hydrogens is 223 g/mol. The van der Waals surface area contributed by atoms with Gasteiger partial charge in [-0.3, -0.25) is 0 Å². The Bertz CT molecular complexity index is 468. The summed E-state index contributed by atoms with van der Waals surface area (Å²) >= 11 is 1.61. The van der Waals surface area contributed by atoms with Crippen molar-refractivity contribution >= 4 is 16.5 Å². The third-order valence-electron chi connectivity index (χ3n) is 2.37. The van der Waals surface area contributed by atoms with Gasteiger partial charge in [0.1, 0.15) is 5.82 Å². The Morgan fingerprint density at radius 2 is 2.12 bits per heavy atom. The number of nitrogens with zero attached hydrogens (tertiary/aromatic N) is 1. The van der Waals surface area contributed by atoms with Gasteiger partial charge in [0.15, 0.2) is 5.13 Å². The van der Waals surface area contributed by atoms with Gasteiger partial charge in [0.2, 0.25) is 0 Å². The van der Waals surface area contributed by atoms with Gasteiger partial charge in [-0.15, -0.1) is 11.3 Å². The highest BCUT2D eigenvalue weighted by molar-refractivity contribution is 7.15. The summed E-state index contributed by atoms with van der Waals surface area (Å²) in [5, 5.41) is 3.90. The second kappa shape index (κ2) is 5.07. The van der Waals surface area contributed by atoms with Crippen LogP contribution in [-0.2, 0) is 12.8 Å². The van der Waals surface area contributed by atoms with E-state index in [9.17, 15) is 4.39 Å². The summed E-state index contributed by atoms with van der Waals surface area (Å²) in [6.45, 7) is 0. The van der Waals surface area contributed by atoms with Crippen LogP contribution in [0.1, 0.15) is 10.4 Å². The Labute approximate surface area is 98.2 Å². The number of rotatable bonds is 4. The fourth-order valence-corrected chi connectivity index (χ4v) is 2.26. The largest absolute Gasteiger partial charge is 0.365 e. The summed E-state index contributed by atoms with van der Waals surface area (Å²) in [7, 11) is 1.85. The van der Waals surface area contributed by atoms with Crippen molar-refractivity contribution in [2.45, 2.75) is 12.8 Å². The molecule has 4 heteroatoms. The minimum absolute atomic E-state index is 0.124. The highest BCUT2D eigenvalue weighted by atomic mass is 32.1. The lowest BCUT2D eigenvalue weighted by atomic mass is 10.1. The second-order valence-electron chi connectivity index (χ2n) is 3.47. The summed E-state index contributed by atoms with van der Waals surface area (Å²) < 4.78 is 13.3. The van der Waals surface area contributed by atoms with Crippen LogP contribution in [0.25, 0.3) is 0 Å². The van der Waals surface area contributed by atoms with E-state index >= 15 is 0 Å². The number of benzene rings is 1. The van der Waals surface area contributed by atoms with Crippen LogP contribution in [0, 0.1) is 5.82 Å².